The summed E-state index contributed by atoms with van der Waals surface area (Å²) >= 11 is 0. The van der Waals surface area contributed by atoms with Crippen molar-refractivity contribution in [3.8, 4) is 5.88 Å². The van der Waals surface area contributed by atoms with Crippen LogP contribution in [0.4, 0.5) is 17.6 Å². The number of carbonyl (C=O) groups excluding carboxylic acids is 1. The van der Waals surface area contributed by atoms with E-state index in [1.165, 1.54) is 18.3 Å². The zero-order chi connectivity index (χ0) is 30.0. The molecule has 4 aromatic rings. The number of aliphatic hydroxyl groups excluding tert-OH is 1. The lowest BCUT2D eigenvalue weighted by molar-refractivity contribution is -0.123. The van der Waals surface area contributed by atoms with Crippen molar-refractivity contribution >= 4 is 28.0 Å². The Morgan fingerprint density at radius 1 is 1.02 bits per heavy atom. The zero-order valence-corrected chi connectivity index (χ0v) is 22.4. The first kappa shape index (κ1) is 30.4. The molecule has 2 aromatic carbocycles. The molecule has 4 rings (SSSR count). The lowest BCUT2D eigenvalue weighted by Crippen LogP contribution is -2.25. The van der Waals surface area contributed by atoms with Crippen molar-refractivity contribution in [1.29, 1.82) is 0 Å². The van der Waals surface area contributed by atoms with Gasteiger partial charge in [-0.3, -0.25) is 9.89 Å². The average molecular weight is 584 g/mol. The van der Waals surface area contributed by atoms with E-state index in [-0.39, 0.29) is 48.1 Å². The topological polar surface area (TPSA) is 112 Å². The van der Waals surface area contributed by atoms with Crippen LogP contribution in [0, 0.1) is 5.95 Å². The number of halogens is 4. The van der Waals surface area contributed by atoms with Gasteiger partial charge in [0.1, 0.15) is 6.61 Å². The number of nitrogens with zero attached hydrogens (tertiary/aromatic N) is 2. The Bertz CT molecular complexity index is 1530. The molecule has 12 heteroatoms. The minimum atomic E-state index is -4.51. The number of nitrogens with one attached hydrogen (secondary N) is 3. The second-order valence-electron chi connectivity index (χ2n) is 9.14. The Kier molecular flexibility index (Phi) is 10.4. The number of aromatic amines is 1. The Balaban J connectivity index is 1.56. The van der Waals surface area contributed by atoms with Crippen molar-refractivity contribution in [2.45, 2.75) is 12.6 Å². The van der Waals surface area contributed by atoms with E-state index in [1.54, 1.807) is 60.7 Å². The van der Waals surface area contributed by atoms with Gasteiger partial charge in [-0.2, -0.15) is 22.7 Å². The molecule has 2 aromatic heterocycles. The Morgan fingerprint density at radius 3 is 2.52 bits per heavy atom. The van der Waals surface area contributed by atoms with Crippen molar-refractivity contribution < 1.29 is 32.2 Å². The van der Waals surface area contributed by atoms with E-state index >= 15 is 0 Å². The molecule has 0 aliphatic rings. The van der Waals surface area contributed by atoms with Crippen LogP contribution in [0.1, 0.15) is 23.1 Å². The summed E-state index contributed by atoms with van der Waals surface area (Å²) in [5, 5.41) is 20.6. The number of allylic oxidation sites excluding steroid dienone is 1. The number of benzene rings is 2. The highest BCUT2D eigenvalue weighted by molar-refractivity contribution is 6.00. The maximum atomic E-state index is 14.4. The van der Waals surface area contributed by atoms with Crippen molar-refractivity contribution in [2.24, 2.45) is 0 Å². The van der Waals surface area contributed by atoms with E-state index in [0.717, 1.165) is 0 Å². The summed E-state index contributed by atoms with van der Waals surface area (Å²) in [4.78, 5) is 15.8. The Labute approximate surface area is 239 Å². The Morgan fingerprint density at radius 2 is 1.81 bits per heavy atom. The van der Waals surface area contributed by atoms with Crippen molar-refractivity contribution in [2.75, 3.05) is 32.8 Å². The van der Waals surface area contributed by atoms with Crippen LogP contribution in [-0.4, -0.2) is 65.2 Å². The van der Waals surface area contributed by atoms with E-state index in [9.17, 15) is 22.4 Å². The number of carbonyl (C=O) groups is 1. The number of fused-ring (bicyclic) bond motifs is 1. The van der Waals surface area contributed by atoms with E-state index in [4.69, 9.17) is 9.84 Å². The predicted molar refractivity (Wildman–Crippen MR) is 151 cm³/mol. The highest BCUT2D eigenvalue weighted by Crippen LogP contribution is 2.40. The molecule has 1 amide bonds. The Hall–Kier alpha value is -4.55. The van der Waals surface area contributed by atoms with Gasteiger partial charge in [0, 0.05) is 43.5 Å². The molecule has 2 heterocycles. The molecule has 0 radical (unpaired) electrons. The highest BCUT2D eigenvalue weighted by atomic mass is 19.4. The van der Waals surface area contributed by atoms with Crippen LogP contribution in [0.25, 0.3) is 22.0 Å². The van der Waals surface area contributed by atoms with E-state index in [0.29, 0.717) is 35.3 Å². The molecule has 4 N–H and O–H groups in total. The largest absolute Gasteiger partial charge is 0.476 e. The van der Waals surface area contributed by atoms with Gasteiger partial charge in [-0.15, -0.1) is 0 Å². The van der Waals surface area contributed by atoms with Gasteiger partial charge in [0.2, 0.25) is 17.7 Å². The van der Waals surface area contributed by atoms with Gasteiger partial charge in [-0.1, -0.05) is 42.5 Å². The molecule has 8 nitrogen and oxygen atoms in total. The van der Waals surface area contributed by atoms with E-state index in [2.05, 4.69) is 25.8 Å². The number of aromatic nitrogens is 3. The second-order valence-corrected chi connectivity index (χ2v) is 9.14. The summed E-state index contributed by atoms with van der Waals surface area (Å²) < 4.78 is 61.6. The van der Waals surface area contributed by atoms with Gasteiger partial charge in [-0.05, 0) is 40.5 Å². The smallest absolute Gasteiger partial charge is 0.393 e. The fraction of sp³-hybridized carbons (Fsp3) is 0.233. The van der Waals surface area contributed by atoms with Crippen molar-refractivity contribution in [1.82, 2.24) is 25.8 Å². The molecular formula is C30H29F4N5O3. The highest BCUT2D eigenvalue weighted by Gasteiger charge is 2.31. The van der Waals surface area contributed by atoms with Crippen LogP contribution in [0.3, 0.4) is 0 Å². The third kappa shape index (κ3) is 8.48. The number of ether oxygens (including phenoxy) is 1. The molecule has 0 aliphatic heterocycles. The molecule has 0 bridgehead atoms. The first-order chi connectivity index (χ1) is 20.2. The quantitative estimate of drug-likeness (QED) is 0.0790. The number of amides is 1. The number of hydrogen-bond acceptors (Lipinski definition) is 6. The normalized spacial score (nSPS) is 12.5. The molecule has 42 heavy (non-hydrogen) atoms. The number of rotatable bonds is 13. The van der Waals surface area contributed by atoms with Gasteiger partial charge in [-0.25, -0.2) is 4.98 Å². The van der Waals surface area contributed by atoms with E-state index < -0.39 is 18.5 Å². The van der Waals surface area contributed by atoms with Crippen LogP contribution in [0.5, 0.6) is 5.88 Å². The number of pyridine rings is 1. The van der Waals surface area contributed by atoms with Crippen LogP contribution >= 0.6 is 0 Å². The van der Waals surface area contributed by atoms with Crippen LogP contribution < -0.4 is 15.4 Å². The third-order valence-electron chi connectivity index (χ3n) is 6.09. The number of aliphatic hydroxyl groups is 1. The maximum Gasteiger partial charge on any atom is 0.393 e. The second kappa shape index (κ2) is 14.4. The molecule has 0 atom stereocenters. The van der Waals surface area contributed by atoms with Gasteiger partial charge >= 0.3 is 6.18 Å². The van der Waals surface area contributed by atoms with Gasteiger partial charge in [0.05, 0.1) is 23.9 Å². The molecule has 0 saturated carbocycles. The predicted octanol–water partition coefficient (Wildman–Crippen LogP) is 4.64. The number of H-pyrrole nitrogens is 1. The fourth-order valence-electron chi connectivity index (χ4n) is 4.25. The molecular weight excluding hydrogens is 554 g/mol. The van der Waals surface area contributed by atoms with Gasteiger partial charge in [0.25, 0.3) is 0 Å². The summed E-state index contributed by atoms with van der Waals surface area (Å²) in [6, 6.07) is 16.1. The third-order valence-corrected chi connectivity index (χ3v) is 6.09. The zero-order valence-electron chi connectivity index (χ0n) is 22.4. The SMILES string of the molecule is O=C(/C=C/CNCCOc1ccc(/C(=C(/CC(F)(F)F)c2ccccc2)c2ccc3n[nH]c(F)c3c2)cn1)NCCO. The first-order valence-electron chi connectivity index (χ1n) is 13.1. The summed E-state index contributed by atoms with van der Waals surface area (Å²) in [6.45, 7) is 1.15. The lowest BCUT2D eigenvalue weighted by atomic mass is 9.88. The van der Waals surface area contributed by atoms with E-state index in [1.807, 2.05) is 0 Å². The first-order valence-corrected chi connectivity index (χ1v) is 13.1. The molecule has 0 unspecified atom stereocenters. The molecule has 0 saturated heterocycles. The number of hydrogen-bond donors (Lipinski definition) is 4. The minimum absolute atomic E-state index is 0.0177. The summed E-state index contributed by atoms with van der Waals surface area (Å²) in [5.74, 6) is -0.716. The van der Waals surface area contributed by atoms with Crippen LogP contribution in [0.2, 0.25) is 0 Å². The summed E-state index contributed by atoms with van der Waals surface area (Å²) in [6.07, 6.45) is -1.30. The molecule has 220 valence electrons. The summed E-state index contributed by atoms with van der Waals surface area (Å²) in [5.41, 5.74) is 1.79. The standard InChI is InChI=1S/C30H29F4N5O3/c31-29-23-17-21(8-10-25(23)38-39-29)28(24(18-30(32,33)34)20-5-2-1-3-6-20)22-9-11-27(37-19-22)42-16-14-35-12-4-7-26(41)36-13-15-40/h1-11,17,19,35,40H,12-16,18H2,(H,36,41)(H,38,39)/b7-4+,28-24-. The number of alkyl halides is 3. The van der Waals surface area contributed by atoms with Crippen LogP contribution in [-0.2, 0) is 4.79 Å². The monoisotopic (exact) mass is 583 g/mol. The van der Waals surface area contributed by atoms with Crippen molar-refractivity contribution in [3.63, 3.8) is 0 Å². The fourth-order valence-corrected chi connectivity index (χ4v) is 4.25. The molecule has 0 spiro atoms. The van der Waals surface area contributed by atoms with Crippen LogP contribution in [0.15, 0.2) is 79.0 Å². The lowest BCUT2D eigenvalue weighted by Gasteiger charge is -2.19. The van der Waals surface area contributed by atoms with Gasteiger partial charge in [0.15, 0.2) is 0 Å². The summed E-state index contributed by atoms with van der Waals surface area (Å²) in [7, 11) is 0. The molecule has 0 aliphatic carbocycles. The minimum Gasteiger partial charge on any atom is -0.476 e. The van der Waals surface area contributed by atoms with Crippen molar-refractivity contribution in [3.05, 3.63) is 102 Å². The maximum absolute atomic E-state index is 14.4. The average Bonchev–Trinajstić information content (AvgIpc) is 3.35. The van der Waals surface area contributed by atoms with Gasteiger partial charge < -0.3 is 20.5 Å². The molecule has 0 fully saturated rings.